The molecule has 180 valence electrons. The second kappa shape index (κ2) is 8.46. The number of nitrogens with zero attached hydrogens (tertiary/aromatic N) is 7. The van der Waals surface area contributed by atoms with Crippen molar-refractivity contribution < 1.29 is 0 Å². The zero-order valence-corrected chi connectivity index (χ0v) is 20.4. The first-order valence-corrected chi connectivity index (χ1v) is 13.4. The van der Waals surface area contributed by atoms with Crippen molar-refractivity contribution in [3.8, 4) is 5.82 Å². The first kappa shape index (κ1) is 21.1. The van der Waals surface area contributed by atoms with Gasteiger partial charge in [0, 0.05) is 43.6 Å². The van der Waals surface area contributed by atoms with Crippen LogP contribution in [0.2, 0.25) is 0 Å². The van der Waals surface area contributed by atoms with E-state index in [4.69, 9.17) is 5.73 Å². The van der Waals surface area contributed by atoms with Crippen LogP contribution in [-0.2, 0) is 0 Å². The number of nitrogens with one attached hydrogen (secondary N) is 1. The molecule has 2 aliphatic carbocycles. The maximum absolute atomic E-state index is 6.17. The number of benzene rings is 1. The predicted octanol–water partition coefficient (Wildman–Crippen LogP) is 3.91. The molecular weight excluding hydrogens is 458 g/mol. The van der Waals surface area contributed by atoms with Gasteiger partial charge in [-0.25, -0.2) is 9.97 Å². The average molecular weight is 488 g/mol. The number of fused-ring (bicyclic) bond motifs is 3. The maximum atomic E-state index is 6.17. The van der Waals surface area contributed by atoms with Gasteiger partial charge in [-0.1, -0.05) is 6.42 Å². The summed E-state index contributed by atoms with van der Waals surface area (Å²) in [4.78, 5) is 19.2. The lowest BCUT2D eigenvalue weighted by Gasteiger charge is -2.41. The minimum absolute atomic E-state index is 0.281. The number of hydrogen-bond donors (Lipinski definition) is 2. The lowest BCUT2D eigenvalue weighted by molar-refractivity contribution is 0.135. The quantitative estimate of drug-likeness (QED) is 0.437. The summed E-state index contributed by atoms with van der Waals surface area (Å²) in [7, 11) is 0. The van der Waals surface area contributed by atoms with E-state index in [-0.39, 0.29) is 5.95 Å². The summed E-state index contributed by atoms with van der Waals surface area (Å²) in [6.45, 7) is 4.54. The fraction of sp³-hybridized carbons (Fsp3) is 0.440. The van der Waals surface area contributed by atoms with Crippen LogP contribution in [0.25, 0.3) is 16.0 Å². The van der Waals surface area contributed by atoms with Crippen LogP contribution in [0, 0.1) is 11.8 Å². The summed E-state index contributed by atoms with van der Waals surface area (Å²) in [6.07, 6.45) is 7.38. The molecule has 2 bridgehead atoms. The van der Waals surface area contributed by atoms with Crippen LogP contribution < -0.4 is 16.0 Å². The fourth-order valence-electron chi connectivity index (χ4n) is 6.33. The molecule has 3 unspecified atom stereocenters. The van der Waals surface area contributed by atoms with Gasteiger partial charge in [-0.2, -0.15) is 9.67 Å². The highest BCUT2D eigenvalue weighted by molar-refractivity contribution is 7.16. The lowest BCUT2D eigenvalue weighted by Crippen LogP contribution is -2.51. The average Bonchev–Trinajstić information content (AvgIpc) is 3.69. The van der Waals surface area contributed by atoms with Crippen molar-refractivity contribution in [3.63, 3.8) is 0 Å². The summed E-state index contributed by atoms with van der Waals surface area (Å²) >= 11 is 1.56. The van der Waals surface area contributed by atoms with Crippen LogP contribution >= 0.6 is 11.3 Å². The molecule has 0 spiro atoms. The highest BCUT2D eigenvalue weighted by atomic mass is 32.1. The number of aromatic nitrogens is 5. The van der Waals surface area contributed by atoms with Gasteiger partial charge in [0.05, 0.1) is 5.39 Å². The van der Waals surface area contributed by atoms with Crippen LogP contribution in [0.5, 0.6) is 0 Å². The number of thiophene rings is 1. The van der Waals surface area contributed by atoms with Crippen molar-refractivity contribution >= 4 is 44.8 Å². The van der Waals surface area contributed by atoms with Crippen molar-refractivity contribution in [1.82, 2.24) is 29.6 Å². The molecule has 10 heteroatoms. The molecule has 7 rings (SSSR count). The molecule has 0 amide bonds. The Balaban J connectivity index is 1.01. The normalized spacial score (nSPS) is 24.5. The van der Waals surface area contributed by atoms with Crippen LogP contribution in [0.1, 0.15) is 25.7 Å². The molecule has 3 aromatic heterocycles. The van der Waals surface area contributed by atoms with E-state index in [1.165, 1.54) is 50.8 Å². The Morgan fingerprint density at radius 3 is 2.60 bits per heavy atom. The smallest absolute Gasteiger partial charge is 0.248 e. The Morgan fingerprint density at radius 1 is 0.971 bits per heavy atom. The zero-order valence-electron chi connectivity index (χ0n) is 19.5. The molecule has 3 fully saturated rings. The number of hydrogen-bond acceptors (Lipinski definition) is 9. The number of anilines is 4. The van der Waals surface area contributed by atoms with Crippen LogP contribution in [0.3, 0.4) is 0 Å². The third kappa shape index (κ3) is 3.81. The largest absolute Gasteiger partial charge is 0.369 e. The summed E-state index contributed by atoms with van der Waals surface area (Å²) in [5.74, 6) is 3.33. The Kier molecular flexibility index (Phi) is 5.09. The summed E-state index contributed by atoms with van der Waals surface area (Å²) in [5.41, 5.74) is 8.36. The van der Waals surface area contributed by atoms with E-state index >= 15 is 0 Å². The maximum Gasteiger partial charge on any atom is 0.248 e. The lowest BCUT2D eigenvalue weighted by atomic mass is 9.93. The number of rotatable bonds is 5. The van der Waals surface area contributed by atoms with Gasteiger partial charge in [0.2, 0.25) is 11.9 Å². The number of nitrogen functional groups attached to an aromatic ring is 1. The molecule has 1 saturated heterocycles. The monoisotopic (exact) mass is 487 g/mol. The van der Waals surface area contributed by atoms with E-state index in [2.05, 4.69) is 59.4 Å². The second-order valence-electron chi connectivity index (χ2n) is 9.98. The zero-order chi connectivity index (χ0) is 23.4. The topological polar surface area (TPSA) is 101 Å². The van der Waals surface area contributed by atoms with Crippen LogP contribution in [-0.4, -0.2) is 61.9 Å². The molecule has 1 aromatic carbocycles. The SMILES string of the molecule is Nc1nc(Nc2ccc(N3CCN(C4CC5CCC4C5)CC3)cc2)nn1-c1ncnc2sccc12. The van der Waals surface area contributed by atoms with Crippen LogP contribution in [0.4, 0.5) is 23.3 Å². The van der Waals surface area contributed by atoms with Gasteiger partial charge in [-0.3, -0.25) is 4.90 Å². The van der Waals surface area contributed by atoms with Gasteiger partial charge in [0.1, 0.15) is 11.2 Å². The molecular formula is C25H29N9S. The van der Waals surface area contributed by atoms with Gasteiger partial charge in [-0.15, -0.1) is 16.4 Å². The van der Waals surface area contributed by atoms with Gasteiger partial charge in [0.15, 0.2) is 5.82 Å². The minimum atomic E-state index is 0.281. The van der Waals surface area contributed by atoms with Gasteiger partial charge in [0.25, 0.3) is 0 Å². The Bertz CT molecular complexity index is 1340. The Hall–Kier alpha value is -3.24. The van der Waals surface area contributed by atoms with Crippen molar-refractivity contribution in [2.75, 3.05) is 42.1 Å². The third-order valence-corrected chi connectivity index (χ3v) is 8.87. The van der Waals surface area contributed by atoms with Gasteiger partial charge >= 0.3 is 0 Å². The summed E-state index contributed by atoms with van der Waals surface area (Å²) in [5, 5.41) is 10.7. The fourth-order valence-corrected chi connectivity index (χ4v) is 7.06. The molecule has 3 atom stereocenters. The first-order valence-electron chi connectivity index (χ1n) is 12.5. The van der Waals surface area contributed by atoms with E-state index in [0.29, 0.717) is 11.8 Å². The molecule has 3 N–H and O–H groups in total. The molecule has 4 heterocycles. The highest BCUT2D eigenvalue weighted by Crippen LogP contribution is 2.46. The van der Waals surface area contributed by atoms with Crippen molar-refractivity contribution in [2.24, 2.45) is 11.8 Å². The van der Waals surface area contributed by atoms with Gasteiger partial charge < -0.3 is 16.0 Å². The Labute approximate surface area is 208 Å². The molecule has 2 saturated carbocycles. The minimum Gasteiger partial charge on any atom is -0.369 e. The van der Waals surface area contributed by atoms with E-state index in [0.717, 1.165) is 46.9 Å². The number of nitrogens with two attached hydrogens (primary N) is 1. The van der Waals surface area contributed by atoms with Crippen LogP contribution in [0.15, 0.2) is 42.0 Å². The number of piperazine rings is 1. The van der Waals surface area contributed by atoms with E-state index < -0.39 is 0 Å². The Morgan fingerprint density at radius 2 is 1.83 bits per heavy atom. The van der Waals surface area contributed by atoms with E-state index in [1.807, 2.05) is 11.4 Å². The molecule has 0 radical (unpaired) electrons. The summed E-state index contributed by atoms with van der Waals surface area (Å²) in [6, 6.07) is 11.3. The molecule has 1 aliphatic heterocycles. The predicted molar refractivity (Wildman–Crippen MR) is 139 cm³/mol. The third-order valence-electron chi connectivity index (χ3n) is 8.05. The second-order valence-corrected chi connectivity index (χ2v) is 10.9. The van der Waals surface area contributed by atoms with E-state index in [1.54, 1.807) is 16.0 Å². The van der Waals surface area contributed by atoms with E-state index in [9.17, 15) is 0 Å². The standard InChI is InChI=1S/C25H29N9S/c26-24-30-25(31-34(24)22-20-7-12-35-23(20)28-15-27-22)29-18-3-5-19(6-4-18)32-8-10-33(11-9-32)21-14-16-1-2-17(21)13-16/h3-7,12,15-17,21H,1-2,8-11,13-14H2,(H3,26,29,30,31). The molecule has 35 heavy (non-hydrogen) atoms. The highest BCUT2D eigenvalue weighted by Gasteiger charge is 2.42. The van der Waals surface area contributed by atoms with Gasteiger partial charge in [-0.05, 0) is 66.8 Å². The molecule has 4 aromatic rings. The van der Waals surface area contributed by atoms with Crippen molar-refractivity contribution in [1.29, 1.82) is 0 Å². The molecule has 3 aliphatic rings. The first-order chi connectivity index (χ1) is 17.2. The van der Waals surface area contributed by atoms with Crippen molar-refractivity contribution in [2.45, 2.75) is 31.7 Å². The summed E-state index contributed by atoms with van der Waals surface area (Å²) < 4.78 is 1.56. The molecule has 9 nitrogen and oxygen atoms in total. The van der Waals surface area contributed by atoms with Crippen molar-refractivity contribution in [3.05, 3.63) is 42.0 Å².